The molecule has 92 valence electrons. The molecule has 2 heteroatoms. The van der Waals surface area contributed by atoms with Gasteiger partial charge in [0.1, 0.15) is 0 Å². The summed E-state index contributed by atoms with van der Waals surface area (Å²) in [6, 6.07) is 10.0. The number of benzene rings is 1. The van der Waals surface area contributed by atoms with Crippen LogP contribution in [-0.4, -0.2) is 30.3 Å². The SMILES string of the molecule is CCC1CCN(CC(=O)Cc2ccccc2)C1. The fraction of sp³-hybridized carbons (Fsp3) is 0.533. The number of likely N-dealkylation sites (tertiary alicyclic amines) is 1. The first-order valence-corrected chi connectivity index (χ1v) is 6.56. The Morgan fingerprint density at radius 1 is 1.35 bits per heavy atom. The topological polar surface area (TPSA) is 20.3 Å². The third kappa shape index (κ3) is 3.67. The normalized spacial score (nSPS) is 20.6. The monoisotopic (exact) mass is 231 g/mol. The van der Waals surface area contributed by atoms with Crippen LogP contribution in [0.4, 0.5) is 0 Å². The molecule has 1 saturated heterocycles. The van der Waals surface area contributed by atoms with Crippen molar-refractivity contribution in [2.24, 2.45) is 5.92 Å². The largest absolute Gasteiger partial charge is 0.298 e. The van der Waals surface area contributed by atoms with E-state index in [1.165, 1.54) is 12.8 Å². The van der Waals surface area contributed by atoms with Crippen LogP contribution in [0.25, 0.3) is 0 Å². The lowest BCUT2D eigenvalue weighted by molar-refractivity contribution is -0.119. The highest BCUT2D eigenvalue weighted by Gasteiger charge is 2.22. The number of rotatable bonds is 5. The van der Waals surface area contributed by atoms with E-state index in [0.29, 0.717) is 18.7 Å². The summed E-state index contributed by atoms with van der Waals surface area (Å²) in [4.78, 5) is 14.2. The molecular weight excluding hydrogens is 210 g/mol. The molecule has 0 saturated carbocycles. The Morgan fingerprint density at radius 2 is 2.12 bits per heavy atom. The summed E-state index contributed by atoms with van der Waals surface area (Å²) in [6.45, 7) is 5.07. The van der Waals surface area contributed by atoms with Crippen LogP contribution in [0.5, 0.6) is 0 Å². The summed E-state index contributed by atoms with van der Waals surface area (Å²) in [5.74, 6) is 1.15. The van der Waals surface area contributed by atoms with Crippen LogP contribution in [0.3, 0.4) is 0 Å². The van der Waals surface area contributed by atoms with Gasteiger partial charge in [0, 0.05) is 13.0 Å². The van der Waals surface area contributed by atoms with Crippen molar-refractivity contribution in [3.63, 3.8) is 0 Å². The first-order chi connectivity index (χ1) is 8.28. The van der Waals surface area contributed by atoms with Gasteiger partial charge in [-0.3, -0.25) is 9.69 Å². The average Bonchev–Trinajstić information content (AvgIpc) is 2.78. The maximum Gasteiger partial charge on any atom is 0.151 e. The zero-order chi connectivity index (χ0) is 12.1. The van der Waals surface area contributed by atoms with Crippen LogP contribution in [0.15, 0.2) is 30.3 Å². The lowest BCUT2D eigenvalue weighted by atomic mass is 10.1. The van der Waals surface area contributed by atoms with Crippen molar-refractivity contribution in [3.8, 4) is 0 Å². The van der Waals surface area contributed by atoms with Crippen LogP contribution in [-0.2, 0) is 11.2 Å². The molecule has 1 aromatic carbocycles. The highest BCUT2D eigenvalue weighted by molar-refractivity contribution is 5.82. The fourth-order valence-corrected chi connectivity index (χ4v) is 2.52. The molecule has 2 rings (SSSR count). The van der Waals surface area contributed by atoms with Gasteiger partial charge in [-0.05, 0) is 24.4 Å². The van der Waals surface area contributed by atoms with E-state index < -0.39 is 0 Å². The first-order valence-electron chi connectivity index (χ1n) is 6.56. The molecule has 1 atom stereocenters. The second kappa shape index (κ2) is 5.97. The van der Waals surface area contributed by atoms with Gasteiger partial charge in [0.2, 0.25) is 0 Å². The van der Waals surface area contributed by atoms with E-state index in [4.69, 9.17) is 0 Å². The standard InChI is InChI=1S/C15H21NO/c1-2-13-8-9-16(11-13)12-15(17)10-14-6-4-3-5-7-14/h3-7,13H,2,8-12H2,1H3. The molecule has 17 heavy (non-hydrogen) atoms. The van der Waals surface area contributed by atoms with Crippen molar-refractivity contribution >= 4 is 5.78 Å². The molecule has 1 aliphatic rings. The quantitative estimate of drug-likeness (QED) is 0.776. The van der Waals surface area contributed by atoms with Crippen molar-refractivity contribution in [1.29, 1.82) is 0 Å². The van der Waals surface area contributed by atoms with Crippen molar-refractivity contribution < 1.29 is 4.79 Å². The van der Waals surface area contributed by atoms with Crippen LogP contribution < -0.4 is 0 Å². The van der Waals surface area contributed by atoms with Crippen molar-refractivity contribution in [1.82, 2.24) is 4.90 Å². The van der Waals surface area contributed by atoms with E-state index in [9.17, 15) is 4.79 Å². The van der Waals surface area contributed by atoms with Crippen LogP contribution in [0.2, 0.25) is 0 Å². The van der Waals surface area contributed by atoms with Gasteiger partial charge in [-0.15, -0.1) is 0 Å². The van der Waals surface area contributed by atoms with Crippen molar-refractivity contribution in [3.05, 3.63) is 35.9 Å². The number of hydrogen-bond donors (Lipinski definition) is 0. The van der Waals surface area contributed by atoms with Crippen LogP contribution in [0, 0.1) is 5.92 Å². The number of carbonyl (C=O) groups is 1. The number of hydrogen-bond acceptors (Lipinski definition) is 2. The summed E-state index contributed by atoms with van der Waals surface area (Å²) in [5, 5.41) is 0. The zero-order valence-corrected chi connectivity index (χ0v) is 10.6. The van der Waals surface area contributed by atoms with Gasteiger partial charge in [0.25, 0.3) is 0 Å². The molecule has 1 aromatic rings. The minimum atomic E-state index is 0.341. The first kappa shape index (κ1) is 12.3. The molecule has 0 spiro atoms. The van der Waals surface area contributed by atoms with Crippen molar-refractivity contribution in [2.75, 3.05) is 19.6 Å². The Kier molecular flexibility index (Phi) is 4.32. The molecule has 0 aromatic heterocycles. The Bertz CT molecular complexity index is 360. The van der Waals surface area contributed by atoms with E-state index in [0.717, 1.165) is 24.6 Å². The number of ketones is 1. The van der Waals surface area contributed by atoms with Gasteiger partial charge in [0.05, 0.1) is 6.54 Å². The van der Waals surface area contributed by atoms with Gasteiger partial charge in [-0.1, -0.05) is 43.7 Å². The lowest BCUT2D eigenvalue weighted by Gasteiger charge is -2.14. The molecule has 1 heterocycles. The lowest BCUT2D eigenvalue weighted by Crippen LogP contribution is -2.28. The van der Waals surface area contributed by atoms with Gasteiger partial charge in [-0.25, -0.2) is 0 Å². The zero-order valence-electron chi connectivity index (χ0n) is 10.6. The molecule has 1 aliphatic heterocycles. The van der Waals surface area contributed by atoms with Crippen molar-refractivity contribution in [2.45, 2.75) is 26.2 Å². The molecule has 0 radical (unpaired) electrons. The Hall–Kier alpha value is -1.15. The molecular formula is C15H21NO. The Labute approximate surface area is 104 Å². The molecule has 1 fully saturated rings. The van der Waals surface area contributed by atoms with Gasteiger partial charge in [-0.2, -0.15) is 0 Å². The van der Waals surface area contributed by atoms with E-state index in [-0.39, 0.29) is 0 Å². The average molecular weight is 231 g/mol. The molecule has 2 nitrogen and oxygen atoms in total. The molecule has 1 unspecified atom stereocenters. The van der Waals surface area contributed by atoms with E-state index in [2.05, 4.69) is 11.8 Å². The Balaban J connectivity index is 1.78. The highest BCUT2D eigenvalue weighted by Crippen LogP contribution is 2.18. The van der Waals surface area contributed by atoms with Crippen LogP contribution in [0.1, 0.15) is 25.3 Å². The van der Waals surface area contributed by atoms with E-state index in [1.54, 1.807) is 0 Å². The fourth-order valence-electron chi connectivity index (χ4n) is 2.52. The molecule has 0 aliphatic carbocycles. The molecule has 0 amide bonds. The van der Waals surface area contributed by atoms with E-state index in [1.807, 2.05) is 30.3 Å². The summed E-state index contributed by atoms with van der Waals surface area (Å²) in [6.07, 6.45) is 3.08. The third-order valence-corrected chi connectivity index (χ3v) is 3.59. The summed E-state index contributed by atoms with van der Waals surface area (Å²) >= 11 is 0. The number of Topliss-reactive ketones (excluding diaryl/α,β-unsaturated/α-hetero) is 1. The summed E-state index contributed by atoms with van der Waals surface area (Å²) in [5.41, 5.74) is 1.13. The van der Waals surface area contributed by atoms with E-state index >= 15 is 0 Å². The number of nitrogens with zero attached hydrogens (tertiary/aromatic N) is 1. The van der Waals surface area contributed by atoms with Gasteiger partial charge >= 0.3 is 0 Å². The second-order valence-electron chi connectivity index (χ2n) is 5.00. The number of carbonyl (C=O) groups excluding carboxylic acids is 1. The highest BCUT2D eigenvalue weighted by atomic mass is 16.1. The summed E-state index contributed by atoms with van der Waals surface area (Å²) < 4.78 is 0. The molecule has 0 N–H and O–H groups in total. The summed E-state index contributed by atoms with van der Waals surface area (Å²) in [7, 11) is 0. The predicted octanol–water partition coefficient (Wildman–Crippen LogP) is 2.53. The van der Waals surface area contributed by atoms with Crippen LogP contribution >= 0.6 is 0 Å². The second-order valence-corrected chi connectivity index (χ2v) is 5.00. The molecule has 0 bridgehead atoms. The third-order valence-electron chi connectivity index (χ3n) is 3.59. The van der Waals surface area contributed by atoms with Gasteiger partial charge in [0.15, 0.2) is 5.78 Å². The minimum Gasteiger partial charge on any atom is -0.298 e. The maximum atomic E-state index is 11.9. The Morgan fingerprint density at radius 3 is 2.76 bits per heavy atom. The maximum absolute atomic E-state index is 11.9. The smallest absolute Gasteiger partial charge is 0.151 e. The minimum absolute atomic E-state index is 0.341. The van der Waals surface area contributed by atoms with Gasteiger partial charge < -0.3 is 0 Å². The predicted molar refractivity (Wildman–Crippen MR) is 70.0 cm³/mol.